The number of rotatable bonds is 11. The number of esters is 2. The number of nitrogens with one attached hydrogen (secondary N) is 2. The molecule has 0 bridgehead atoms. The average Bonchev–Trinajstić information content (AvgIpc) is 3.69. The SMILES string of the molecule is CCCCCCCC(=O)OCC/C=C/[C@@H]1O[C@@H]2[C@H](OC(=O)/C=C\C=C\C(=O)NC(=O)CC(C)CCC[C@H]3O[C@H]23)[C@H]1OC(=O)NC(C)=O. The maximum atomic E-state index is 12.8. The van der Waals surface area contributed by atoms with E-state index in [0.717, 1.165) is 64.0 Å². The Hall–Kier alpha value is -3.84. The Morgan fingerprint density at radius 3 is 2.53 bits per heavy atom. The molecule has 0 aromatic carbocycles. The zero-order valence-electron chi connectivity index (χ0n) is 27.5. The first kappa shape index (κ1) is 37.6. The summed E-state index contributed by atoms with van der Waals surface area (Å²) in [5.41, 5.74) is 0. The normalized spacial score (nSPS) is 29.7. The van der Waals surface area contributed by atoms with Crippen molar-refractivity contribution in [3.63, 3.8) is 0 Å². The molecule has 13 nitrogen and oxygen atoms in total. The molecule has 3 rings (SSSR count). The number of carbonyl (C=O) groups is 6. The largest absolute Gasteiger partial charge is 0.465 e. The Morgan fingerprint density at radius 1 is 1.00 bits per heavy atom. The van der Waals surface area contributed by atoms with E-state index in [0.29, 0.717) is 19.3 Å². The molecule has 0 aromatic heterocycles. The van der Waals surface area contributed by atoms with Gasteiger partial charge in [0.15, 0.2) is 12.2 Å². The molecule has 3 aliphatic heterocycles. The predicted molar refractivity (Wildman–Crippen MR) is 168 cm³/mol. The molecule has 2 fully saturated rings. The number of hydrogen-bond donors (Lipinski definition) is 2. The Morgan fingerprint density at radius 2 is 1.77 bits per heavy atom. The van der Waals surface area contributed by atoms with Crippen LogP contribution in [0.15, 0.2) is 36.5 Å². The topological polar surface area (TPSA) is 176 Å². The molecule has 47 heavy (non-hydrogen) atoms. The Balaban J connectivity index is 1.72. The second kappa shape index (κ2) is 19.7. The number of ether oxygens (including phenoxy) is 5. The average molecular weight is 661 g/mol. The number of allylic oxidation sites excluding steroid dienone is 2. The van der Waals surface area contributed by atoms with Crippen LogP contribution in [-0.2, 0) is 47.7 Å². The van der Waals surface area contributed by atoms with Crippen LogP contribution in [0, 0.1) is 5.92 Å². The number of epoxide rings is 1. The van der Waals surface area contributed by atoms with Gasteiger partial charge in [0, 0.05) is 31.9 Å². The standard InChI is InChI=1S/C34H48N2O11/c1-4-5-6-7-8-18-28(40)43-20-12-11-15-24-31(47-34(42)35-23(3)37)33-32(45-24)30-25(44-30)16-13-14-22(2)21-27(39)36-26(38)17-9-10-19-29(41)46-33/h9-11,15,17,19,22,24-25,30-33H,4-8,12-14,16,18,20-21H2,1-3H3,(H,35,37,42)(H,36,38,39)/b15-11+,17-9+,19-10-/t22?,24-,25+,30-,31-,32-,33+/m0/s1. The molecule has 0 spiro atoms. The summed E-state index contributed by atoms with van der Waals surface area (Å²) >= 11 is 0. The third kappa shape index (κ3) is 13.8. The zero-order valence-corrected chi connectivity index (χ0v) is 27.5. The van der Waals surface area contributed by atoms with Gasteiger partial charge in [-0.3, -0.25) is 29.8 Å². The minimum absolute atomic E-state index is 0.0383. The lowest BCUT2D eigenvalue weighted by Crippen LogP contribution is -2.44. The number of alkyl carbamates (subject to hydrolysis) is 1. The fourth-order valence-electron chi connectivity index (χ4n) is 5.56. The Labute approximate surface area is 275 Å². The molecule has 0 radical (unpaired) electrons. The van der Waals surface area contributed by atoms with E-state index in [1.54, 1.807) is 12.2 Å². The first-order chi connectivity index (χ1) is 22.6. The molecular weight excluding hydrogens is 612 g/mol. The lowest BCUT2D eigenvalue weighted by atomic mass is 9.97. The smallest absolute Gasteiger partial charge is 0.414 e. The van der Waals surface area contributed by atoms with E-state index < -0.39 is 54.4 Å². The van der Waals surface area contributed by atoms with Crippen LogP contribution in [0.2, 0.25) is 0 Å². The van der Waals surface area contributed by atoms with Crippen molar-refractivity contribution in [2.24, 2.45) is 5.92 Å². The van der Waals surface area contributed by atoms with Crippen molar-refractivity contribution in [2.45, 2.75) is 128 Å². The predicted octanol–water partition coefficient (Wildman–Crippen LogP) is 3.89. The fraction of sp³-hybridized carbons (Fsp3) is 0.647. The van der Waals surface area contributed by atoms with Crippen LogP contribution in [0.25, 0.3) is 0 Å². The van der Waals surface area contributed by atoms with Crippen LogP contribution >= 0.6 is 0 Å². The summed E-state index contributed by atoms with van der Waals surface area (Å²) in [6.45, 7) is 5.38. The minimum atomic E-state index is -1.14. The molecule has 1 unspecified atom stereocenters. The van der Waals surface area contributed by atoms with Crippen molar-refractivity contribution in [2.75, 3.05) is 6.61 Å². The first-order valence-electron chi connectivity index (χ1n) is 16.6. The minimum Gasteiger partial charge on any atom is -0.465 e. The van der Waals surface area contributed by atoms with Gasteiger partial charge < -0.3 is 23.7 Å². The third-order valence-electron chi connectivity index (χ3n) is 7.94. The molecule has 0 aromatic rings. The molecule has 7 atom stereocenters. The number of carbonyl (C=O) groups excluding carboxylic acids is 6. The van der Waals surface area contributed by atoms with E-state index in [4.69, 9.17) is 23.7 Å². The van der Waals surface area contributed by atoms with Gasteiger partial charge in [-0.1, -0.05) is 76.7 Å². The number of hydrogen-bond acceptors (Lipinski definition) is 11. The highest BCUT2D eigenvalue weighted by atomic mass is 16.7. The fourth-order valence-corrected chi connectivity index (χ4v) is 5.56. The molecule has 13 heteroatoms. The molecular formula is C34H48N2O11. The number of unbranched alkanes of at least 4 members (excludes halogenated alkanes) is 4. The lowest BCUT2D eigenvalue weighted by Gasteiger charge is -2.23. The van der Waals surface area contributed by atoms with Crippen LogP contribution in [0.3, 0.4) is 0 Å². The van der Waals surface area contributed by atoms with E-state index in [-0.39, 0.29) is 36.9 Å². The Bertz CT molecular complexity index is 1200. The third-order valence-corrected chi connectivity index (χ3v) is 7.94. The van der Waals surface area contributed by atoms with Crippen molar-refractivity contribution in [1.82, 2.24) is 10.6 Å². The molecule has 3 aliphatic rings. The van der Waals surface area contributed by atoms with Crippen LogP contribution in [-0.4, -0.2) is 79.0 Å². The molecule has 0 aliphatic carbocycles. The summed E-state index contributed by atoms with van der Waals surface area (Å²) in [7, 11) is 0. The first-order valence-corrected chi connectivity index (χ1v) is 16.6. The lowest BCUT2D eigenvalue weighted by molar-refractivity contribution is -0.150. The Kier molecular flexibility index (Phi) is 15.8. The monoisotopic (exact) mass is 660 g/mol. The van der Waals surface area contributed by atoms with Gasteiger partial charge in [-0.25, -0.2) is 9.59 Å². The molecule has 2 N–H and O–H groups in total. The van der Waals surface area contributed by atoms with Crippen molar-refractivity contribution in [3.05, 3.63) is 36.5 Å². The van der Waals surface area contributed by atoms with Gasteiger partial charge in [0.05, 0.1) is 12.7 Å². The number of amides is 4. The van der Waals surface area contributed by atoms with Gasteiger partial charge in [0.1, 0.15) is 18.3 Å². The molecule has 260 valence electrons. The van der Waals surface area contributed by atoms with E-state index in [9.17, 15) is 28.8 Å². The van der Waals surface area contributed by atoms with E-state index in [1.165, 1.54) is 12.2 Å². The summed E-state index contributed by atoms with van der Waals surface area (Å²) in [5, 5.41) is 4.35. The maximum Gasteiger partial charge on any atom is 0.414 e. The van der Waals surface area contributed by atoms with Gasteiger partial charge in [-0.05, 0) is 25.2 Å². The summed E-state index contributed by atoms with van der Waals surface area (Å²) in [4.78, 5) is 73.2. The number of imide groups is 2. The van der Waals surface area contributed by atoms with Gasteiger partial charge in [0.2, 0.25) is 11.8 Å². The highest BCUT2D eigenvalue weighted by molar-refractivity contribution is 6.01. The quantitative estimate of drug-likeness (QED) is 0.0821. The summed E-state index contributed by atoms with van der Waals surface area (Å²) in [6, 6.07) is 0. The second-order valence-corrected chi connectivity index (χ2v) is 12.1. The van der Waals surface area contributed by atoms with Crippen molar-refractivity contribution >= 4 is 35.8 Å². The highest BCUT2D eigenvalue weighted by Crippen LogP contribution is 2.40. The van der Waals surface area contributed by atoms with E-state index >= 15 is 0 Å². The van der Waals surface area contributed by atoms with Crippen LogP contribution < -0.4 is 10.6 Å². The molecule has 0 saturated carbocycles. The van der Waals surface area contributed by atoms with Gasteiger partial charge >= 0.3 is 18.0 Å². The summed E-state index contributed by atoms with van der Waals surface area (Å²) in [5.74, 6) is -2.65. The van der Waals surface area contributed by atoms with Crippen molar-refractivity contribution in [1.29, 1.82) is 0 Å². The summed E-state index contributed by atoms with van der Waals surface area (Å²) in [6.07, 6.45) is 10.7. The van der Waals surface area contributed by atoms with Crippen LogP contribution in [0.4, 0.5) is 4.79 Å². The number of fused-ring (bicyclic) bond motifs is 3. The van der Waals surface area contributed by atoms with Crippen molar-refractivity contribution < 1.29 is 52.5 Å². The summed E-state index contributed by atoms with van der Waals surface area (Å²) < 4.78 is 28.8. The van der Waals surface area contributed by atoms with Gasteiger partial charge in [-0.2, -0.15) is 0 Å². The van der Waals surface area contributed by atoms with Crippen LogP contribution in [0.5, 0.6) is 0 Å². The van der Waals surface area contributed by atoms with E-state index in [2.05, 4.69) is 17.6 Å². The highest BCUT2D eigenvalue weighted by Gasteiger charge is 2.58. The van der Waals surface area contributed by atoms with Crippen molar-refractivity contribution in [3.8, 4) is 0 Å². The zero-order chi connectivity index (χ0) is 34.2. The molecule has 3 heterocycles. The second-order valence-electron chi connectivity index (χ2n) is 12.1. The van der Waals surface area contributed by atoms with Gasteiger partial charge in [-0.15, -0.1) is 0 Å². The maximum absolute atomic E-state index is 12.8. The molecule has 2 saturated heterocycles. The van der Waals surface area contributed by atoms with E-state index in [1.807, 2.05) is 6.92 Å². The molecule has 4 amide bonds. The van der Waals surface area contributed by atoms with Gasteiger partial charge in [0.25, 0.3) is 5.91 Å². The van der Waals surface area contributed by atoms with Crippen LogP contribution in [0.1, 0.15) is 91.4 Å².